The number of amidine groups is 1. The lowest BCUT2D eigenvalue weighted by atomic mass is 10.2. The first-order valence-corrected chi connectivity index (χ1v) is 5.39. The fourth-order valence-corrected chi connectivity index (χ4v) is 1.14. The Morgan fingerprint density at radius 1 is 1.13 bits per heavy atom. The van der Waals surface area contributed by atoms with Gasteiger partial charge >= 0.3 is 0 Å². The molecule has 0 unspecified atom stereocenters. The Balaban J connectivity index is 3.15. The van der Waals surface area contributed by atoms with Crippen LogP contribution in [-0.4, -0.2) is 31.9 Å². The monoisotopic (exact) mass is 213 g/mol. The lowest BCUT2D eigenvalue weighted by Gasteiger charge is -2.03. The van der Waals surface area contributed by atoms with Crippen molar-refractivity contribution in [3.63, 3.8) is 0 Å². The molecule has 0 heterocycles. The van der Waals surface area contributed by atoms with Gasteiger partial charge in [-0.3, -0.25) is 9.98 Å². The molecule has 0 aliphatic rings. The molecule has 0 aromatic carbocycles. The molecule has 0 aliphatic carbocycles. The normalized spacial score (nSPS) is 12.9. The van der Waals surface area contributed by atoms with E-state index in [4.69, 9.17) is 11.5 Å². The highest BCUT2D eigenvalue weighted by Gasteiger charge is 1.91. The zero-order valence-corrected chi connectivity index (χ0v) is 9.79. The van der Waals surface area contributed by atoms with E-state index in [-0.39, 0.29) is 0 Å². The molecular formula is C10H23N5. The van der Waals surface area contributed by atoms with Crippen LogP contribution in [0.4, 0.5) is 0 Å². The number of aliphatic imine (C=N–C) groups is 2. The lowest BCUT2D eigenvalue weighted by molar-refractivity contribution is 0.636. The second kappa shape index (κ2) is 9.30. The summed E-state index contributed by atoms with van der Waals surface area (Å²) in [7, 11) is 1.68. The molecule has 0 radical (unpaired) electrons. The van der Waals surface area contributed by atoms with E-state index in [0.717, 1.165) is 25.9 Å². The number of unbranched alkanes of at least 4 members (excludes halogenated alkanes) is 3. The Hall–Kier alpha value is -1.26. The SMILES string of the molecule is CN=C(N)NCCCCCCN=C(C)N. The fraction of sp³-hybridized carbons (Fsp3) is 0.800. The summed E-state index contributed by atoms with van der Waals surface area (Å²) in [5.41, 5.74) is 10.9. The molecule has 0 amide bonds. The maximum absolute atomic E-state index is 5.48. The fourth-order valence-electron chi connectivity index (χ4n) is 1.14. The summed E-state index contributed by atoms with van der Waals surface area (Å²) < 4.78 is 0. The standard InChI is InChI=1S/C10H23N5/c1-9(11)14-7-5-3-4-6-8-15-10(12)13-2/h3-8H2,1-2H3,(H2,11,14)(H3,12,13,15). The Labute approximate surface area is 92.0 Å². The number of hydrogen-bond acceptors (Lipinski definition) is 2. The number of nitrogens with zero attached hydrogens (tertiary/aromatic N) is 2. The van der Waals surface area contributed by atoms with Crippen molar-refractivity contribution in [3.8, 4) is 0 Å². The van der Waals surface area contributed by atoms with E-state index in [1.807, 2.05) is 6.92 Å². The first kappa shape index (κ1) is 13.7. The van der Waals surface area contributed by atoms with E-state index in [9.17, 15) is 0 Å². The number of rotatable bonds is 7. The molecule has 5 heteroatoms. The molecule has 0 bridgehead atoms. The zero-order valence-electron chi connectivity index (χ0n) is 9.79. The molecule has 5 N–H and O–H groups in total. The summed E-state index contributed by atoms with van der Waals surface area (Å²) in [6.07, 6.45) is 4.58. The van der Waals surface area contributed by atoms with Gasteiger partial charge in [-0.15, -0.1) is 0 Å². The molecule has 0 saturated heterocycles. The van der Waals surface area contributed by atoms with Gasteiger partial charge in [0.25, 0.3) is 0 Å². The molecule has 5 nitrogen and oxygen atoms in total. The van der Waals surface area contributed by atoms with Crippen LogP contribution in [0.5, 0.6) is 0 Å². The molecule has 0 aromatic heterocycles. The second-order valence-corrected chi connectivity index (χ2v) is 3.47. The van der Waals surface area contributed by atoms with Crippen molar-refractivity contribution >= 4 is 11.8 Å². The summed E-state index contributed by atoms with van der Waals surface area (Å²) in [5.74, 6) is 1.18. The van der Waals surface area contributed by atoms with E-state index in [1.54, 1.807) is 7.05 Å². The maximum atomic E-state index is 5.48. The van der Waals surface area contributed by atoms with Crippen molar-refractivity contribution in [1.29, 1.82) is 0 Å². The minimum atomic E-state index is 0.512. The molecule has 0 aromatic rings. The van der Waals surface area contributed by atoms with Crippen LogP contribution in [0.1, 0.15) is 32.6 Å². The lowest BCUT2D eigenvalue weighted by Crippen LogP contribution is -2.31. The highest BCUT2D eigenvalue weighted by molar-refractivity contribution is 5.77. The molecule has 0 atom stereocenters. The van der Waals surface area contributed by atoms with Gasteiger partial charge in [0.05, 0.1) is 5.84 Å². The second-order valence-electron chi connectivity index (χ2n) is 3.47. The van der Waals surface area contributed by atoms with Crippen LogP contribution < -0.4 is 16.8 Å². The third-order valence-electron chi connectivity index (χ3n) is 1.99. The van der Waals surface area contributed by atoms with Crippen LogP contribution in [0.25, 0.3) is 0 Å². The molecule has 0 fully saturated rings. The number of nitrogens with two attached hydrogens (primary N) is 2. The van der Waals surface area contributed by atoms with Gasteiger partial charge in [-0.05, 0) is 19.8 Å². The summed E-state index contributed by atoms with van der Waals surface area (Å²) in [4.78, 5) is 7.93. The van der Waals surface area contributed by atoms with Crippen LogP contribution in [0.15, 0.2) is 9.98 Å². The summed E-state index contributed by atoms with van der Waals surface area (Å²) in [6.45, 7) is 3.55. The molecule has 88 valence electrons. The molecule has 0 aliphatic heterocycles. The van der Waals surface area contributed by atoms with E-state index >= 15 is 0 Å². The molecule has 15 heavy (non-hydrogen) atoms. The average molecular weight is 213 g/mol. The van der Waals surface area contributed by atoms with E-state index in [0.29, 0.717) is 11.8 Å². The average Bonchev–Trinajstić information content (AvgIpc) is 2.21. The number of nitrogens with one attached hydrogen (secondary N) is 1. The van der Waals surface area contributed by atoms with Crippen molar-refractivity contribution in [3.05, 3.63) is 0 Å². The van der Waals surface area contributed by atoms with Crippen molar-refractivity contribution in [1.82, 2.24) is 5.32 Å². The van der Waals surface area contributed by atoms with Crippen molar-refractivity contribution in [2.45, 2.75) is 32.6 Å². The van der Waals surface area contributed by atoms with Gasteiger partial charge in [0.2, 0.25) is 0 Å². The summed E-state index contributed by atoms with van der Waals surface area (Å²) >= 11 is 0. The van der Waals surface area contributed by atoms with E-state index < -0.39 is 0 Å². The van der Waals surface area contributed by atoms with Gasteiger partial charge in [0.15, 0.2) is 5.96 Å². The highest BCUT2D eigenvalue weighted by Crippen LogP contribution is 1.98. The predicted molar refractivity (Wildman–Crippen MR) is 66.2 cm³/mol. The van der Waals surface area contributed by atoms with Crippen molar-refractivity contribution in [2.75, 3.05) is 20.1 Å². The van der Waals surface area contributed by atoms with Crippen molar-refractivity contribution in [2.24, 2.45) is 21.5 Å². The third kappa shape index (κ3) is 10.7. The first-order valence-electron chi connectivity index (χ1n) is 5.39. The van der Waals surface area contributed by atoms with Crippen LogP contribution in [0.2, 0.25) is 0 Å². The van der Waals surface area contributed by atoms with Crippen LogP contribution in [-0.2, 0) is 0 Å². The molecular weight excluding hydrogens is 190 g/mol. The Morgan fingerprint density at radius 3 is 2.40 bits per heavy atom. The maximum Gasteiger partial charge on any atom is 0.188 e. The van der Waals surface area contributed by atoms with Gasteiger partial charge in [-0.2, -0.15) is 0 Å². The summed E-state index contributed by atoms with van der Waals surface area (Å²) in [6, 6.07) is 0. The van der Waals surface area contributed by atoms with Crippen LogP contribution in [0.3, 0.4) is 0 Å². The Morgan fingerprint density at radius 2 is 1.80 bits per heavy atom. The van der Waals surface area contributed by atoms with Gasteiger partial charge in [-0.1, -0.05) is 12.8 Å². The van der Waals surface area contributed by atoms with E-state index in [1.165, 1.54) is 12.8 Å². The Kier molecular flexibility index (Phi) is 8.52. The summed E-state index contributed by atoms with van der Waals surface area (Å²) in [5, 5.41) is 3.02. The van der Waals surface area contributed by atoms with Gasteiger partial charge in [0, 0.05) is 20.1 Å². The first-order chi connectivity index (χ1) is 7.16. The van der Waals surface area contributed by atoms with Gasteiger partial charge in [-0.25, -0.2) is 0 Å². The highest BCUT2D eigenvalue weighted by atomic mass is 15.1. The minimum Gasteiger partial charge on any atom is -0.388 e. The molecule has 0 rings (SSSR count). The van der Waals surface area contributed by atoms with Crippen LogP contribution in [0, 0.1) is 0 Å². The van der Waals surface area contributed by atoms with Crippen molar-refractivity contribution < 1.29 is 0 Å². The van der Waals surface area contributed by atoms with E-state index in [2.05, 4.69) is 15.3 Å². The van der Waals surface area contributed by atoms with Gasteiger partial charge in [0.1, 0.15) is 0 Å². The smallest absolute Gasteiger partial charge is 0.188 e. The molecule has 0 saturated carbocycles. The quantitative estimate of drug-likeness (QED) is 0.326. The third-order valence-corrected chi connectivity index (χ3v) is 1.99. The minimum absolute atomic E-state index is 0.512. The van der Waals surface area contributed by atoms with Crippen LogP contribution >= 0.6 is 0 Å². The topological polar surface area (TPSA) is 88.8 Å². The predicted octanol–water partition coefficient (Wildman–Crippen LogP) is 0.458. The van der Waals surface area contributed by atoms with Gasteiger partial charge < -0.3 is 16.8 Å². The number of hydrogen-bond donors (Lipinski definition) is 3. The number of guanidine groups is 1. The molecule has 0 spiro atoms. The Bertz CT molecular complexity index is 206. The largest absolute Gasteiger partial charge is 0.388 e. The zero-order chi connectivity index (χ0) is 11.5.